The lowest BCUT2D eigenvalue weighted by atomic mass is 9.79. The van der Waals surface area contributed by atoms with Crippen LogP contribution in [-0.4, -0.2) is 52.6 Å². The van der Waals surface area contributed by atoms with Crippen molar-refractivity contribution in [2.75, 3.05) is 21.1 Å². The molecule has 0 spiro atoms. The minimum absolute atomic E-state index is 0.239. The van der Waals surface area contributed by atoms with E-state index < -0.39 is 0 Å². The molecule has 0 radical (unpaired) electrons. The first-order valence-electron chi connectivity index (χ1n) is 7.78. The molecule has 0 aliphatic heterocycles. The van der Waals surface area contributed by atoms with Crippen molar-refractivity contribution in [1.82, 2.24) is 25.2 Å². The van der Waals surface area contributed by atoms with Crippen LogP contribution in [0, 0.1) is 0 Å². The summed E-state index contributed by atoms with van der Waals surface area (Å²) in [7, 11) is 8.47. The Morgan fingerprint density at radius 1 is 1.30 bits per heavy atom. The maximum atomic E-state index is 4.27. The second kappa shape index (κ2) is 6.68. The molecule has 1 N–H and O–H groups in total. The second-order valence-electron chi connectivity index (χ2n) is 6.34. The molecule has 1 aromatic heterocycles. The molecular weight excluding hydrogens is 250 g/mol. The first-order valence-corrected chi connectivity index (χ1v) is 7.78. The number of nitrogens with zero attached hydrogens (tertiary/aromatic N) is 4. The molecule has 0 amide bonds. The van der Waals surface area contributed by atoms with Gasteiger partial charge in [-0.2, -0.15) is 0 Å². The lowest BCUT2D eigenvalue weighted by Gasteiger charge is -2.45. The zero-order valence-electron chi connectivity index (χ0n) is 13.4. The summed E-state index contributed by atoms with van der Waals surface area (Å²) in [5, 5.41) is 11.9. The normalized spacial score (nSPS) is 20.9. The highest BCUT2D eigenvalue weighted by Gasteiger charge is 2.40. The highest BCUT2D eigenvalue weighted by molar-refractivity contribution is 5.06. The van der Waals surface area contributed by atoms with Crippen LogP contribution in [0.15, 0.2) is 6.20 Å². The van der Waals surface area contributed by atoms with E-state index in [4.69, 9.17) is 0 Å². The van der Waals surface area contributed by atoms with E-state index in [2.05, 4.69) is 41.7 Å². The van der Waals surface area contributed by atoms with Gasteiger partial charge in [-0.3, -0.25) is 4.68 Å². The van der Waals surface area contributed by atoms with E-state index in [9.17, 15) is 0 Å². The van der Waals surface area contributed by atoms with Crippen molar-refractivity contribution >= 4 is 0 Å². The van der Waals surface area contributed by atoms with Crippen molar-refractivity contribution in [3.63, 3.8) is 0 Å². The molecule has 114 valence electrons. The zero-order valence-corrected chi connectivity index (χ0v) is 13.4. The number of aromatic nitrogens is 3. The highest BCUT2D eigenvalue weighted by Crippen LogP contribution is 2.35. The van der Waals surface area contributed by atoms with E-state index in [1.54, 1.807) is 4.68 Å². The number of nitrogens with one attached hydrogen (secondary N) is 1. The lowest BCUT2D eigenvalue weighted by molar-refractivity contribution is 0.0831. The molecule has 5 nitrogen and oxygen atoms in total. The molecule has 1 aliphatic carbocycles. The fourth-order valence-corrected chi connectivity index (χ4v) is 3.71. The molecule has 1 fully saturated rings. The minimum atomic E-state index is 0.239. The summed E-state index contributed by atoms with van der Waals surface area (Å²) in [6.45, 7) is 0. The van der Waals surface area contributed by atoms with Crippen molar-refractivity contribution in [3.05, 3.63) is 11.9 Å². The Bertz CT molecular complexity index is 404. The smallest absolute Gasteiger partial charge is 0.0843 e. The predicted molar refractivity (Wildman–Crippen MR) is 81.7 cm³/mol. The Morgan fingerprint density at radius 2 is 1.95 bits per heavy atom. The van der Waals surface area contributed by atoms with Gasteiger partial charge in [-0.25, -0.2) is 0 Å². The summed E-state index contributed by atoms with van der Waals surface area (Å²) in [4.78, 5) is 2.44. The quantitative estimate of drug-likeness (QED) is 0.832. The summed E-state index contributed by atoms with van der Waals surface area (Å²) < 4.78 is 1.79. The van der Waals surface area contributed by atoms with Crippen LogP contribution in [0.1, 0.15) is 44.2 Å². The van der Waals surface area contributed by atoms with Gasteiger partial charge in [0.25, 0.3) is 0 Å². The number of likely N-dealkylation sites (N-methyl/N-ethyl adjacent to an activating group) is 2. The van der Waals surface area contributed by atoms with Crippen LogP contribution in [0.25, 0.3) is 0 Å². The fraction of sp³-hybridized carbons (Fsp3) is 0.867. The maximum absolute atomic E-state index is 4.27. The van der Waals surface area contributed by atoms with Gasteiger partial charge >= 0.3 is 0 Å². The monoisotopic (exact) mass is 279 g/mol. The number of hydrogen-bond donors (Lipinski definition) is 1. The van der Waals surface area contributed by atoms with E-state index in [0.29, 0.717) is 6.04 Å². The molecule has 1 heterocycles. The molecule has 1 unspecified atom stereocenters. The van der Waals surface area contributed by atoms with Crippen molar-refractivity contribution in [1.29, 1.82) is 0 Å². The molecule has 1 saturated carbocycles. The van der Waals surface area contributed by atoms with Crippen molar-refractivity contribution in [2.24, 2.45) is 7.05 Å². The lowest BCUT2D eigenvalue weighted by Crippen LogP contribution is -2.59. The first-order chi connectivity index (χ1) is 9.58. The summed E-state index contributed by atoms with van der Waals surface area (Å²) >= 11 is 0. The Morgan fingerprint density at radius 3 is 2.40 bits per heavy atom. The molecule has 5 heteroatoms. The minimum Gasteiger partial charge on any atom is -0.315 e. The Kier molecular flexibility index (Phi) is 5.16. The standard InChI is InChI=1S/C15H29N5/c1-16-14(11-13-12-20(4)18-17-13)15(19(2)3)9-7-5-6-8-10-15/h12,14,16H,5-11H2,1-4H3. The van der Waals surface area contributed by atoms with Gasteiger partial charge < -0.3 is 10.2 Å². The van der Waals surface area contributed by atoms with Gasteiger partial charge in [0, 0.05) is 31.2 Å². The van der Waals surface area contributed by atoms with Gasteiger partial charge in [0.05, 0.1) is 5.69 Å². The molecule has 1 atom stereocenters. The van der Waals surface area contributed by atoms with E-state index in [1.165, 1.54) is 38.5 Å². The number of aryl methyl sites for hydroxylation is 1. The van der Waals surface area contributed by atoms with Gasteiger partial charge in [-0.1, -0.05) is 30.9 Å². The summed E-state index contributed by atoms with van der Waals surface area (Å²) in [6, 6.07) is 0.423. The van der Waals surface area contributed by atoms with Crippen LogP contribution in [0.5, 0.6) is 0 Å². The largest absolute Gasteiger partial charge is 0.315 e. The third-order valence-electron chi connectivity index (χ3n) is 4.92. The third-order valence-corrected chi connectivity index (χ3v) is 4.92. The first kappa shape index (κ1) is 15.4. The van der Waals surface area contributed by atoms with Gasteiger partial charge in [-0.05, 0) is 34.0 Å². The zero-order chi connectivity index (χ0) is 14.6. The van der Waals surface area contributed by atoms with Crippen molar-refractivity contribution in [2.45, 2.75) is 56.5 Å². The molecule has 1 aromatic rings. The van der Waals surface area contributed by atoms with Crippen molar-refractivity contribution in [3.8, 4) is 0 Å². The van der Waals surface area contributed by atoms with Gasteiger partial charge in [-0.15, -0.1) is 5.10 Å². The number of rotatable bonds is 5. The molecule has 0 aromatic carbocycles. The van der Waals surface area contributed by atoms with Crippen LogP contribution >= 0.6 is 0 Å². The topological polar surface area (TPSA) is 46.0 Å². The van der Waals surface area contributed by atoms with Gasteiger partial charge in [0.2, 0.25) is 0 Å². The maximum Gasteiger partial charge on any atom is 0.0843 e. The van der Waals surface area contributed by atoms with Crippen LogP contribution in [0.4, 0.5) is 0 Å². The van der Waals surface area contributed by atoms with Crippen LogP contribution in [0.2, 0.25) is 0 Å². The summed E-state index contributed by atoms with van der Waals surface area (Å²) in [6.07, 6.45) is 10.9. The van der Waals surface area contributed by atoms with E-state index in [1.807, 2.05) is 13.2 Å². The van der Waals surface area contributed by atoms with Crippen LogP contribution in [0.3, 0.4) is 0 Å². The molecule has 2 rings (SSSR count). The highest BCUT2D eigenvalue weighted by atomic mass is 15.4. The molecular formula is C15H29N5. The molecule has 0 bridgehead atoms. The van der Waals surface area contributed by atoms with Gasteiger partial charge in [0.15, 0.2) is 0 Å². The van der Waals surface area contributed by atoms with Crippen molar-refractivity contribution < 1.29 is 0 Å². The van der Waals surface area contributed by atoms with E-state index in [0.717, 1.165) is 12.1 Å². The van der Waals surface area contributed by atoms with Gasteiger partial charge in [0.1, 0.15) is 0 Å². The summed E-state index contributed by atoms with van der Waals surface area (Å²) in [5.41, 5.74) is 1.32. The average molecular weight is 279 g/mol. The molecule has 20 heavy (non-hydrogen) atoms. The predicted octanol–water partition coefficient (Wildman–Crippen LogP) is 1.60. The van der Waals surface area contributed by atoms with Crippen LogP contribution < -0.4 is 5.32 Å². The van der Waals surface area contributed by atoms with E-state index in [-0.39, 0.29) is 5.54 Å². The number of hydrogen-bond acceptors (Lipinski definition) is 4. The molecule has 1 aliphatic rings. The Labute approximate surface area is 122 Å². The third kappa shape index (κ3) is 3.20. The molecule has 0 saturated heterocycles. The second-order valence-corrected chi connectivity index (χ2v) is 6.34. The Balaban J connectivity index is 2.19. The van der Waals surface area contributed by atoms with E-state index >= 15 is 0 Å². The Hall–Kier alpha value is -0.940. The fourth-order valence-electron chi connectivity index (χ4n) is 3.71. The average Bonchev–Trinajstić information content (AvgIpc) is 2.68. The SMILES string of the molecule is CNC(Cc1cn(C)nn1)C1(N(C)C)CCCCCC1. The van der Waals surface area contributed by atoms with Crippen LogP contribution in [-0.2, 0) is 13.5 Å². The summed E-state index contributed by atoms with van der Waals surface area (Å²) in [5.74, 6) is 0.